The van der Waals surface area contributed by atoms with Crippen LogP contribution in [-0.4, -0.2) is 277 Å². The fourth-order valence-electron chi connectivity index (χ4n) is 13.6. The molecule has 0 spiro atoms. The zero-order valence-corrected chi connectivity index (χ0v) is 56.7. The molecular formula is C64H98N12O19S2. The van der Waals surface area contributed by atoms with E-state index < -0.39 is 163 Å². The molecule has 6 amide bonds. The minimum absolute atomic E-state index is 0.00377. The van der Waals surface area contributed by atoms with E-state index in [0.29, 0.717) is 19.0 Å². The Kier molecular flexibility index (Phi) is 28.1. The average Bonchev–Trinajstić information content (AvgIpc) is 1.73. The summed E-state index contributed by atoms with van der Waals surface area (Å²) in [5.41, 5.74) is 2.13. The van der Waals surface area contributed by atoms with Crippen molar-refractivity contribution in [2.75, 3.05) is 83.6 Å². The number of nitrogens with one attached hydrogen (secondary N) is 6. The first kappa shape index (κ1) is 76.4. The molecule has 33 heteroatoms. The van der Waals surface area contributed by atoms with E-state index in [4.69, 9.17) is 0 Å². The number of hydrogen-bond acceptors (Lipinski definition) is 25. The Morgan fingerprint density at radius 3 is 2.09 bits per heavy atom. The summed E-state index contributed by atoms with van der Waals surface area (Å²) < 4.78 is 37.0. The highest BCUT2D eigenvalue weighted by molar-refractivity contribution is 7.81. The molecule has 8 rings (SSSR count). The highest BCUT2D eigenvalue weighted by atomic mass is 32.3. The van der Waals surface area contributed by atoms with E-state index in [1.807, 2.05) is 0 Å². The molecule has 4 heterocycles. The van der Waals surface area contributed by atoms with Crippen molar-refractivity contribution in [3.05, 3.63) is 53.0 Å². The highest BCUT2D eigenvalue weighted by Crippen LogP contribution is 2.39. The van der Waals surface area contributed by atoms with E-state index in [-0.39, 0.29) is 56.4 Å². The van der Waals surface area contributed by atoms with Crippen molar-refractivity contribution in [3.63, 3.8) is 0 Å². The van der Waals surface area contributed by atoms with Gasteiger partial charge in [-0.3, -0.25) is 38.2 Å². The summed E-state index contributed by atoms with van der Waals surface area (Å²) in [6.07, 6.45) is -2.18. The highest BCUT2D eigenvalue weighted by Gasteiger charge is 2.46. The van der Waals surface area contributed by atoms with E-state index in [1.54, 1.807) is 18.3 Å². The van der Waals surface area contributed by atoms with Crippen LogP contribution in [0.4, 0.5) is 5.69 Å². The number of amides is 6. The van der Waals surface area contributed by atoms with Crippen LogP contribution in [0.1, 0.15) is 108 Å². The lowest BCUT2D eigenvalue weighted by Gasteiger charge is -2.42. The summed E-state index contributed by atoms with van der Waals surface area (Å²) in [4.78, 5) is 91.1. The molecule has 5 fully saturated rings. The van der Waals surface area contributed by atoms with Crippen LogP contribution in [-0.2, 0) is 45.6 Å². The number of anilines is 1. The fourth-order valence-corrected chi connectivity index (χ4v) is 15.0. The molecule has 3 aromatic rings. The molecule has 0 unspecified atom stereocenters. The Morgan fingerprint density at radius 1 is 0.784 bits per heavy atom. The lowest BCUT2D eigenvalue weighted by atomic mass is 9.82. The second-order valence-corrected chi connectivity index (χ2v) is 28.9. The van der Waals surface area contributed by atoms with E-state index >= 15 is 0 Å². The van der Waals surface area contributed by atoms with Crippen LogP contribution < -0.4 is 41.0 Å². The second-order valence-electron chi connectivity index (χ2n) is 26.9. The summed E-state index contributed by atoms with van der Waals surface area (Å²) in [5.74, 6) is -6.26. The number of aliphatic hydroxyl groups excluding tert-OH is 8. The Balaban J connectivity index is 0.924. The number of β-amino-alcohol motifs (C(OH)–C–C–N with tert-alkyl or cyclic N) is 2. The maximum atomic E-state index is 14.7. The maximum Gasteiger partial charge on any atom is 0.446 e. The number of nitrogens with zero attached hydrogens (tertiary/aromatic N) is 6. The first-order valence-electron chi connectivity index (χ1n) is 33.6. The topological polar surface area (TPSA) is 459 Å². The van der Waals surface area contributed by atoms with Gasteiger partial charge in [-0.1, -0.05) is 31.3 Å². The third-order valence-electron chi connectivity index (χ3n) is 19.5. The lowest BCUT2D eigenvalue weighted by Crippen LogP contribution is -2.63. The van der Waals surface area contributed by atoms with Crippen LogP contribution in [0.15, 0.2) is 42.5 Å². The van der Waals surface area contributed by atoms with Gasteiger partial charge in [0.1, 0.15) is 34.2 Å². The molecule has 0 radical (unpaired) electrons. The van der Waals surface area contributed by atoms with Crippen molar-refractivity contribution in [1.29, 1.82) is 0 Å². The van der Waals surface area contributed by atoms with Gasteiger partial charge < -0.3 is 96.7 Å². The average molecular weight is 1400 g/mol. The molecule has 2 aromatic carbocycles. The van der Waals surface area contributed by atoms with E-state index in [2.05, 4.69) is 87.3 Å². The van der Waals surface area contributed by atoms with Gasteiger partial charge in [-0.05, 0) is 138 Å². The van der Waals surface area contributed by atoms with Crippen LogP contribution >= 0.6 is 11.3 Å². The quantitative estimate of drug-likeness (QED) is 0.0221. The summed E-state index contributed by atoms with van der Waals surface area (Å²) >= 11 is 1.57. The van der Waals surface area contributed by atoms with Gasteiger partial charge in [-0.25, -0.2) is 0 Å². The van der Waals surface area contributed by atoms with Crippen molar-refractivity contribution in [1.82, 2.24) is 56.8 Å². The molecule has 0 bridgehead atoms. The van der Waals surface area contributed by atoms with Crippen molar-refractivity contribution < 1.29 is 91.9 Å². The number of carbonyl (C=O) groups is 6. The number of benzene rings is 2. The van der Waals surface area contributed by atoms with Crippen molar-refractivity contribution in [3.8, 4) is 22.1 Å². The van der Waals surface area contributed by atoms with Gasteiger partial charge in [-0.15, -0.1) is 10.2 Å². The number of aromatic nitrogens is 2. The third-order valence-corrected chi connectivity index (χ3v) is 21.1. The van der Waals surface area contributed by atoms with E-state index in [9.17, 15) is 87.7 Å². The molecule has 16 N–H and O–H groups in total. The van der Waals surface area contributed by atoms with Gasteiger partial charge in [0.25, 0.3) is 0 Å². The molecule has 5 aliphatic rings. The van der Waals surface area contributed by atoms with Crippen LogP contribution in [0.3, 0.4) is 0 Å². The molecule has 3 aliphatic heterocycles. The van der Waals surface area contributed by atoms with Gasteiger partial charge >= 0.3 is 10.4 Å². The fraction of sp³-hybridized carbons (Fsp3) is 0.688. The third kappa shape index (κ3) is 21.4. The number of hydrogen-bond donors (Lipinski definition) is 16. The molecule has 12 atom stereocenters. The number of carbonyl (C=O) groups excluding carboxylic acids is 6. The first-order chi connectivity index (χ1) is 46.2. The number of likely N-dealkylation sites (tertiary alicyclic amines) is 2. The minimum Gasteiger partial charge on any atom is -0.504 e. The van der Waals surface area contributed by atoms with Crippen LogP contribution in [0.25, 0.3) is 10.6 Å². The van der Waals surface area contributed by atoms with Crippen molar-refractivity contribution in [2.45, 2.75) is 183 Å². The summed E-state index contributed by atoms with van der Waals surface area (Å²) in [6.45, 7) is 7.55. The molecule has 3 saturated heterocycles. The molecule has 2 saturated carbocycles. The van der Waals surface area contributed by atoms with Crippen LogP contribution in [0.5, 0.6) is 11.5 Å². The molecule has 1 aromatic heterocycles. The predicted molar refractivity (Wildman–Crippen MR) is 354 cm³/mol. The monoisotopic (exact) mass is 1400 g/mol. The summed E-state index contributed by atoms with van der Waals surface area (Å²) in [7, 11) is -5.20. The SMILES string of the molecule is C[C@@H](O)[C@H](NC(=O)[C@H](C[C@@H](O)CNC=O)NC[C@H]1CC[C@H](c2nnc(-c3ccc(N4CCN([C@H]5CC[C@@H](C)CC5)CC4)cc3)s2)CC1)C(=O)N1C[C@H](O)C[C@H]1C(=O)N[C@H](C(=O)N[C@H](C(=O)N1C[C@@H](O)[C@@H](C)C1)[C@H](O)CCNC(CO)CO)[C@H](O)Cc1ccc(O)c(OS(=O)(=O)O)c1. The number of aromatic hydroxyl groups is 1. The Labute approximate surface area is 568 Å². The number of phenols is 1. The van der Waals surface area contributed by atoms with Crippen molar-refractivity contribution >= 4 is 63.4 Å². The van der Waals surface area contributed by atoms with Gasteiger partial charge in [0.15, 0.2) is 11.5 Å². The molecular weight excluding hydrogens is 1300 g/mol. The number of piperazine rings is 1. The Morgan fingerprint density at radius 2 is 1.46 bits per heavy atom. The largest absolute Gasteiger partial charge is 0.504 e. The molecule has 540 valence electrons. The Hall–Kier alpha value is -6.31. The van der Waals surface area contributed by atoms with Crippen molar-refractivity contribution in [2.24, 2.45) is 17.8 Å². The maximum absolute atomic E-state index is 14.7. The first-order valence-corrected chi connectivity index (χ1v) is 35.8. The molecule has 31 nitrogen and oxygen atoms in total. The number of rotatable bonds is 33. The molecule has 2 aliphatic carbocycles. The predicted octanol–water partition coefficient (Wildman–Crippen LogP) is -2.54. The lowest BCUT2D eigenvalue weighted by molar-refractivity contribution is -0.145. The van der Waals surface area contributed by atoms with E-state index in [1.165, 1.54) is 49.3 Å². The van der Waals surface area contributed by atoms with Gasteiger partial charge in [0.05, 0.1) is 61.9 Å². The standard InChI is InChI=1S/C64H98N12O19S2/c1-36-4-13-44(14-5-36)73-20-22-74(23-21-73)45-15-11-42(12-16-45)62-72-71-61(96-62)41-9-6-39(7-10-41)28-67-48(26-46(81)29-65-35-79)58(87)68-55(38(3)80)64(91)76-31-47(82)27-49(76)59(88)69-56(52(85)24-40-8-17-50(83)54(25-40)95-97(92,93)94)60(89)70-57(51(84)18-19-66-43(33-77)34-78)63(90)75-30-37(2)53(86)32-75/h8,11-12,15-17,25,35-39,41,43-44,46-49,51-53,55-57,66-67,77-78,80-86H,4-7,9-10,13-14,18-24,26-34H2,1-3H3,(H,65,79)(H,68,87)(H,69,88)(H,70,89)(H,92,93,94)/t36-,37-,38+,39-,41-,44+,46+,47+,48-,49-,51+,52+,53+,55-,56-,57-/m0/s1. The normalized spacial score (nSPS) is 25.1. The molecule has 97 heavy (non-hydrogen) atoms. The summed E-state index contributed by atoms with van der Waals surface area (Å²) in [6, 6.07) is 2.72. The smallest absolute Gasteiger partial charge is 0.446 e. The van der Waals surface area contributed by atoms with Crippen LogP contribution in [0.2, 0.25) is 0 Å². The van der Waals surface area contributed by atoms with Crippen LogP contribution in [0, 0.1) is 17.8 Å². The van der Waals surface area contributed by atoms with E-state index in [0.717, 1.165) is 90.4 Å². The summed E-state index contributed by atoms with van der Waals surface area (Å²) in [5, 5.41) is 123. The number of aliphatic hydroxyl groups is 8. The zero-order chi connectivity index (χ0) is 70.3. The Bertz CT molecular complexity index is 3170. The number of phenolic OH excluding ortho intramolecular Hbond substituents is 1. The van der Waals surface area contributed by atoms with Gasteiger partial charge in [0, 0.05) is 94.3 Å². The van der Waals surface area contributed by atoms with Gasteiger partial charge in [0.2, 0.25) is 35.9 Å². The van der Waals surface area contributed by atoms with Gasteiger partial charge in [-0.2, -0.15) is 8.42 Å². The second kappa shape index (κ2) is 35.6. The zero-order valence-electron chi connectivity index (χ0n) is 55.1. The minimum atomic E-state index is -5.20.